The topological polar surface area (TPSA) is 51.6 Å². The highest BCUT2D eigenvalue weighted by Gasteiger charge is 2.15. The Hall–Kier alpha value is -5.74. The van der Waals surface area contributed by atoms with Crippen LogP contribution in [0.2, 0.25) is 0 Å². The highest BCUT2D eigenvalue weighted by Crippen LogP contribution is 2.33. The van der Waals surface area contributed by atoms with Gasteiger partial charge in [0, 0.05) is 34.0 Å². The standard InChI is InChI=1S/C38H26N4/c1-5-13-27(14-6-1)32-23-33(31-21-22-35(39-26-31)28-15-7-2-8-16-28)25-34(24-32)38-41-36(29-17-9-3-10-18-29)40-37(42-38)30-19-11-4-12-20-30/h1-26H. The van der Waals surface area contributed by atoms with Gasteiger partial charge in [-0.15, -0.1) is 0 Å². The van der Waals surface area contributed by atoms with Crippen LogP contribution in [0, 0.1) is 0 Å². The second-order valence-electron chi connectivity index (χ2n) is 10.0. The largest absolute Gasteiger partial charge is 0.256 e. The molecule has 4 nitrogen and oxygen atoms in total. The lowest BCUT2D eigenvalue weighted by atomic mass is 9.96. The van der Waals surface area contributed by atoms with E-state index in [0.29, 0.717) is 17.5 Å². The fourth-order valence-electron chi connectivity index (χ4n) is 5.00. The summed E-state index contributed by atoms with van der Waals surface area (Å²) in [5.74, 6) is 1.90. The highest BCUT2D eigenvalue weighted by molar-refractivity contribution is 5.80. The van der Waals surface area contributed by atoms with Gasteiger partial charge >= 0.3 is 0 Å². The predicted molar refractivity (Wildman–Crippen MR) is 170 cm³/mol. The molecule has 2 heterocycles. The Bertz CT molecular complexity index is 1880. The molecule has 0 fully saturated rings. The van der Waals surface area contributed by atoms with E-state index in [1.165, 1.54) is 0 Å². The summed E-state index contributed by atoms with van der Waals surface area (Å²) in [5.41, 5.74) is 9.10. The van der Waals surface area contributed by atoms with Crippen LogP contribution in [0.4, 0.5) is 0 Å². The van der Waals surface area contributed by atoms with E-state index in [1.54, 1.807) is 0 Å². The molecule has 7 rings (SSSR count). The maximum absolute atomic E-state index is 4.98. The van der Waals surface area contributed by atoms with Gasteiger partial charge in [0.05, 0.1) is 5.69 Å². The van der Waals surface area contributed by atoms with Crippen molar-refractivity contribution < 1.29 is 0 Å². The Balaban J connectivity index is 1.39. The molecular weight excluding hydrogens is 512 g/mol. The second kappa shape index (κ2) is 11.4. The van der Waals surface area contributed by atoms with Gasteiger partial charge in [0.15, 0.2) is 17.5 Å². The van der Waals surface area contributed by atoms with Crippen LogP contribution in [-0.2, 0) is 0 Å². The van der Waals surface area contributed by atoms with Crippen molar-refractivity contribution in [1.82, 2.24) is 19.9 Å². The molecule has 4 heteroatoms. The summed E-state index contributed by atoms with van der Waals surface area (Å²) < 4.78 is 0. The minimum absolute atomic E-state index is 0.621. The monoisotopic (exact) mass is 538 g/mol. The van der Waals surface area contributed by atoms with Crippen molar-refractivity contribution in [3.8, 4) is 67.7 Å². The zero-order valence-corrected chi connectivity index (χ0v) is 22.8. The van der Waals surface area contributed by atoms with Crippen LogP contribution in [0.3, 0.4) is 0 Å². The smallest absolute Gasteiger partial charge is 0.164 e. The molecule has 0 saturated carbocycles. The van der Waals surface area contributed by atoms with E-state index in [0.717, 1.165) is 50.2 Å². The molecular formula is C38H26N4. The molecule has 0 saturated heterocycles. The van der Waals surface area contributed by atoms with Crippen molar-refractivity contribution in [3.63, 3.8) is 0 Å². The predicted octanol–water partition coefficient (Wildman–Crippen LogP) is 9.27. The van der Waals surface area contributed by atoms with E-state index in [4.69, 9.17) is 19.9 Å². The third-order valence-corrected chi connectivity index (χ3v) is 7.16. The van der Waals surface area contributed by atoms with E-state index in [2.05, 4.69) is 66.7 Å². The minimum atomic E-state index is 0.621. The van der Waals surface area contributed by atoms with Crippen LogP contribution in [0.25, 0.3) is 67.7 Å². The van der Waals surface area contributed by atoms with Crippen LogP contribution in [-0.4, -0.2) is 19.9 Å². The molecule has 0 bridgehead atoms. The van der Waals surface area contributed by atoms with E-state index in [9.17, 15) is 0 Å². The summed E-state index contributed by atoms with van der Waals surface area (Å²) in [7, 11) is 0. The van der Waals surface area contributed by atoms with Crippen molar-refractivity contribution in [1.29, 1.82) is 0 Å². The number of rotatable bonds is 6. The summed E-state index contributed by atoms with van der Waals surface area (Å²) in [5, 5.41) is 0. The molecule has 0 aliphatic rings. The highest BCUT2D eigenvalue weighted by atomic mass is 15.0. The van der Waals surface area contributed by atoms with Crippen LogP contribution in [0.1, 0.15) is 0 Å². The molecule has 198 valence electrons. The number of benzene rings is 5. The number of hydrogen-bond acceptors (Lipinski definition) is 4. The number of hydrogen-bond donors (Lipinski definition) is 0. The van der Waals surface area contributed by atoms with Crippen LogP contribution >= 0.6 is 0 Å². The van der Waals surface area contributed by atoms with Gasteiger partial charge in [0.1, 0.15) is 0 Å². The first-order valence-electron chi connectivity index (χ1n) is 13.9. The van der Waals surface area contributed by atoms with E-state index in [1.807, 2.05) is 91.1 Å². The maximum Gasteiger partial charge on any atom is 0.164 e. The summed E-state index contributed by atoms with van der Waals surface area (Å²) in [6, 6.07) is 51.4. The second-order valence-corrected chi connectivity index (χ2v) is 10.0. The molecule has 0 atom stereocenters. The average molecular weight is 539 g/mol. The van der Waals surface area contributed by atoms with Gasteiger partial charge in [0.25, 0.3) is 0 Å². The lowest BCUT2D eigenvalue weighted by Gasteiger charge is -2.12. The van der Waals surface area contributed by atoms with Gasteiger partial charge in [-0.05, 0) is 41.0 Å². The fraction of sp³-hybridized carbons (Fsp3) is 0. The van der Waals surface area contributed by atoms with Gasteiger partial charge in [-0.1, -0.05) is 127 Å². The van der Waals surface area contributed by atoms with Crippen molar-refractivity contribution in [2.24, 2.45) is 0 Å². The van der Waals surface area contributed by atoms with Gasteiger partial charge in [-0.25, -0.2) is 15.0 Å². The van der Waals surface area contributed by atoms with Crippen LogP contribution in [0.5, 0.6) is 0 Å². The molecule has 0 radical (unpaired) electrons. The Morgan fingerprint density at radius 1 is 0.286 bits per heavy atom. The lowest BCUT2D eigenvalue weighted by molar-refractivity contribution is 1.07. The number of nitrogens with zero attached hydrogens (tertiary/aromatic N) is 4. The van der Waals surface area contributed by atoms with Gasteiger partial charge in [0.2, 0.25) is 0 Å². The van der Waals surface area contributed by atoms with Gasteiger partial charge in [-0.3, -0.25) is 4.98 Å². The Labute approximate surface area is 245 Å². The molecule has 0 N–H and O–H groups in total. The first-order chi connectivity index (χ1) is 20.8. The molecule has 0 aliphatic heterocycles. The van der Waals surface area contributed by atoms with E-state index >= 15 is 0 Å². The summed E-state index contributed by atoms with van der Waals surface area (Å²) in [6.45, 7) is 0. The molecule has 0 spiro atoms. The molecule has 0 amide bonds. The first-order valence-corrected chi connectivity index (χ1v) is 13.9. The minimum Gasteiger partial charge on any atom is -0.256 e. The third kappa shape index (κ3) is 5.34. The number of aromatic nitrogens is 4. The van der Waals surface area contributed by atoms with Gasteiger partial charge in [-0.2, -0.15) is 0 Å². The van der Waals surface area contributed by atoms with E-state index in [-0.39, 0.29) is 0 Å². The Morgan fingerprint density at radius 3 is 1.17 bits per heavy atom. The molecule has 5 aromatic carbocycles. The van der Waals surface area contributed by atoms with Crippen molar-refractivity contribution >= 4 is 0 Å². The summed E-state index contributed by atoms with van der Waals surface area (Å²) >= 11 is 0. The first kappa shape index (κ1) is 25.2. The number of pyridine rings is 1. The van der Waals surface area contributed by atoms with Crippen molar-refractivity contribution in [2.45, 2.75) is 0 Å². The SMILES string of the molecule is c1ccc(-c2cc(-c3ccc(-c4ccccc4)nc3)cc(-c3nc(-c4ccccc4)nc(-c4ccccc4)n3)c2)cc1. The zero-order valence-electron chi connectivity index (χ0n) is 22.8. The summed E-state index contributed by atoms with van der Waals surface area (Å²) in [6.07, 6.45) is 1.94. The van der Waals surface area contributed by atoms with Crippen molar-refractivity contribution in [3.05, 3.63) is 158 Å². The molecule has 2 aromatic heterocycles. The fourth-order valence-corrected chi connectivity index (χ4v) is 5.00. The third-order valence-electron chi connectivity index (χ3n) is 7.16. The van der Waals surface area contributed by atoms with E-state index < -0.39 is 0 Å². The van der Waals surface area contributed by atoms with Crippen LogP contribution < -0.4 is 0 Å². The molecule has 7 aromatic rings. The summed E-state index contributed by atoms with van der Waals surface area (Å²) in [4.78, 5) is 19.6. The molecule has 0 aliphatic carbocycles. The normalized spacial score (nSPS) is 10.9. The quantitative estimate of drug-likeness (QED) is 0.212. The maximum atomic E-state index is 4.98. The molecule has 42 heavy (non-hydrogen) atoms. The Morgan fingerprint density at radius 2 is 0.690 bits per heavy atom. The lowest BCUT2D eigenvalue weighted by Crippen LogP contribution is -2.00. The van der Waals surface area contributed by atoms with Crippen LogP contribution in [0.15, 0.2) is 158 Å². The van der Waals surface area contributed by atoms with Crippen molar-refractivity contribution in [2.75, 3.05) is 0 Å². The zero-order chi connectivity index (χ0) is 28.1. The Kier molecular flexibility index (Phi) is 6.85. The van der Waals surface area contributed by atoms with Gasteiger partial charge < -0.3 is 0 Å². The molecule has 0 unspecified atom stereocenters. The average Bonchev–Trinajstić information content (AvgIpc) is 3.09.